The molecule has 0 atom stereocenters. The van der Waals surface area contributed by atoms with Gasteiger partial charge in [0.05, 0.1) is 16.8 Å². The maximum Gasteiger partial charge on any atom is 0.417 e. The van der Waals surface area contributed by atoms with Crippen LogP contribution in [0, 0.1) is 0 Å². The van der Waals surface area contributed by atoms with E-state index in [1.54, 1.807) is 24.3 Å². The van der Waals surface area contributed by atoms with E-state index >= 15 is 0 Å². The highest BCUT2D eigenvalue weighted by molar-refractivity contribution is 5.95. The first kappa shape index (κ1) is 28.9. The largest absolute Gasteiger partial charge is 0.461 e. The van der Waals surface area contributed by atoms with Crippen LogP contribution in [-0.2, 0) is 17.4 Å². The molecule has 1 amide bonds. The lowest BCUT2D eigenvalue weighted by molar-refractivity contribution is -0.137. The van der Waals surface area contributed by atoms with Gasteiger partial charge in [-0.3, -0.25) is 14.6 Å². The minimum atomic E-state index is -4.73. The van der Waals surface area contributed by atoms with Crippen LogP contribution >= 0.6 is 0 Å². The Bertz CT molecular complexity index is 1630. The molecule has 7 nitrogen and oxygen atoms in total. The average Bonchev–Trinajstić information content (AvgIpc) is 3.36. The van der Waals surface area contributed by atoms with Crippen LogP contribution in [0.4, 0.5) is 27.8 Å². The van der Waals surface area contributed by atoms with Gasteiger partial charge >= 0.3 is 6.18 Å². The zero-order valence-electron chi connectivity index (χ0n) is 22.1. The molecule has 0 bridgehead atoms. The molecular weight excluding hydrogens is 559 g/mol. The third-order valence-corrected chi connectivity index (χ3v) is 6.97. The highest BCUT2D eigenvalue weighted by Crippen LogP contribution is 2.40. The molecule has 218 valence electrons. The van der Waals surface area contributed by atoms with Gasteiger partial charge in [0.15, 0.2) is 5.78 Å². The first-order valence-corrected chi connectivity index (χ1v) is 13.1. The van der Waals surface area contributed by atoms with Crippen LogP contribution in [0.15, 0.2) is 65.4 Å². The fourth-order valence-electron chi connectivity index (χ4n) is 4.64. The van der Waals surface area contributed by atoms with E-state index in [0.29, 0.717) is 22.5 Å². The van der Waals surface area contributed by atoms with Crippen LogP contribution in [-0.4, -0.2) is 45.6 Å². The van der Waals surface area contributed by atoms with Gasteiger partial charge in [-0.2, -0.15) is 13.2 Å². The van der Waals surface area contributed by atoms with Crippen molar-refractivity contribution in [3.05, 3.63) is 83.4 Å². The number of nitrogen functional groups attached to an aromatic ring is 1. The van der Waals surface area contributed by atoms with Gasteiger partial charge in [0, 0.05) is 62.1 Å². The van der Waals surface area contributed by atoms with Gasteiger partial charge in [-0.1, -0.05) is 0 Å². The quantitative estimate of drug-likeness (QED) is 0.195. The number of carbonyl (C=O) groups is 2. The van der Waals surface area contributed by atoms with Crippen molar-refractivity contribution in [1.29, 1.82) is 0 Å². The number of aryl methyl sites for hydroxylation is 1. The third kappa shape index (κ3) is 6.64. The number of anilines is 1. The lowest BCUT2D eigenvalue weighted by Crippen LogP contribution is -2.42. The van der Waals surface area contributed by atoms with E-state index in [9.17, 15) is 31.5 Å². The standard InChI is InChI=1S/C30H25F5N4O3/c31-29(32)9-11-39(12-10-29)28(41)19-3-7-25(37-17-19)23-14-20-13-22(42-26(20)15-24(23)30(33,34)35)6-5-21(40)4-1-18-2-8-27(36)38-16-18/h1-4,7-8,13-17H,5-6,9-12H2,(H2,36,38)/b4-1+. The number of ketones is 1. The van der Waals surface area contributed by atoms with Gasteiger partial charge in [-0.15, -0.1) is 0 Å². The second kappa shape index (κ2) is 11.3. The van der Waals surface area contributed by atoms with Crippen molar-refractivity contribution < 1.29 is 36.0 Å². The molecule has 1 saturated heterocycles. The molecule has 3 aromatic heterocycles. The summed E-state index contributed by atoms with van der Waals surface area (Å²) in [5.74, 6) is -2.84. The number of benzene rings is 1. The van der Waals surface area contributed by atoms with Crippen molar-refractivity contribution in [3.63, 3.8) is 0 Å². The summed E-state index contributed by atoms with van der Waals surface area (Å²) in [6.07, 6.45) is 0.263. The Morgan fingerprint density at radius 3 is 2.43 bits per heavy atom. The highest BCUT2D eigenvalue weighted by atomic mass is 19.4. The molecule has 5 rings (SSSR count). The molecule has 12 heteroatoms. The number of rotatable bonds is 7. The summed E-state index contributed by atoms with van der Waals surface area (Å²) in [6, 6.07) is 9.71. The predicted octanol–water partition coefficient (Wildman–Crippen LogP) is 6.58. The number of halogens is 5. The molecule has 1 aliphatic rings. The predicted molar refractivity (Wildman–Crippen MR) is 146 cm³/mol. The van der Waals surface area contributed by atoms with Crippen LogP contribution < -0.4 is 5.73 Å². The van der Waals surface area contributed by atoms with E-state index in [1.165, 1.54) is 35.4 Å². The third-order valence-electron chi connectivity index (χ3n) is 6.97. The topological polar surface area (TPSA) is 102 Å². The number of nitrogens with two attached hydrogens (primary N) is 1. The summed E-state index contributed by atoms with van der Waals surface area (Å²) in [5, 5.41) is 0.389. The molecule has 1 fully saturated rings. The lowest BCUT2D eigenvalue weighted by Gasteiger charge is -2.31. The summed E-state index contributed by atoms with van der Waals surface area (Å²) < 4.78 is 74.6. The Hall–Kier alpha value is -4.61. The van der Waals surface area contributed by atoms with E-state index in [1.807, 2.05) is 0 Å². The smallest absolute Gasteiger partial charge is 0.417 e. The molecule has 42 heavy (non-hydrogen) atoms. The Labute approximate surface area is 236 Å². The number of carbonyl (C=O) groups excluding carboxylic acids is 2. The monoisotopic (exact) mass is 584 g/mol. The Morgan fingerprint density at radius 1 is 1.02 bits per heavy atom. The average molecular weight is 585 g/mol. The van der Waals surface area contributed by atoms with Crippen molar-refractivity contribution in [3.8, 4) is 11.3 Å². The van der Waals surface area contributed by atoms with E-state index in [0.717, 1.165) is 12.3 Å². The SMILES string of the molecule is Nc1ccc(/C=C/C(=O)CCc2cc3cc(-c4ccc(C(=O)N5CCC(F)(F)CC5)cn4)c(C(F)(F)F)cc3o2)cn1. The van der Waals surface area contributed by atoms with Gasteiger partial charge in [-0.05, 0) is 60.2 Å². The molecule has 0 spiro atoms. The van der Waals surface area contributed by atoms with Gasteiger partial charge in [-0.25, -0.2) is 13.8 Å². The fraction of sp³-hybridized carbons (Fsp3) is 0.267. The number of nitrogens with zero attached hydrogens (tertiary/aromatic N) is 3. The Kier molecular flexibility index (Phi) is 7.81. The van der Waals surface area contributed by atoms with E-state index in [-0.39, 0.29) is 54.1 Å². The van der Waals surface area contributed by atoms with Gasteiger partial charge in [0.25, 0.3) is 11.8 Å². The second-order valence-corrected chi connectivity index (χ2v) is 10.0. The Balaban J connectivity index is 1.33. The maximum absolute atomic E-state index is 14.0. The molecule has 0 aliphatic carbocycles. The number of allylic oxidation sites excluding steroid dienone is 1. The summed E-state index contributed by atoms with van der Waals surface area (Å²) in [7, 11) is 0. The molecule has 0 radical (unpaired) electrons. The van der Waals surface area contributed by atoms with Crippen molar-refractivity contribution in [1.82, 2.24) is 14.9 Å². The normalized spacial score (nSPS) is 15.4. The molecule has 4 heterocycles. The zero-order chi connectivity index (χ0) is 30.1. The number of likely N-dealkylation sites (tertiary alicyclic amines) is 1. The minimum absolute atomic E-state index is 0.00529. The zero-order valence-corrected chi connectivity index (χ0v) is 22.1. The van der Waals surface area contributed by atoms with Crippen LogP contribution in [0.1, 0.15) is 46.5 Å². The Morgan fingerprint density at radius 2 is 1.79 bits per heavy atom. The van der Waals surface area contributed by atoms with Crippen LogP contribution in [0.5, 0.6) is 0 Å². The van der Waals surface area contributed by atoms with Crippen molar-refractivity contribution in [2.45, 2.75) is 37.8 Å². The minimum Gasteiger partial charge on any atom is -0.461 e. The van der Waals surface area contributed by atoms with Gasteiger partial charge < -0.3 is 15.1 Å². The number of fused-ring (bicyclic) bond motifs is 1. The van der Waals surface area contributed by atoms with E-state index in [2.05, 4.69) is 9.97 Å². The second-order valence-electron chi connectivity index (χ2n) is 10.0. The maximum atomic E-state index is 14.0. The first-order valence-electron chi connectivity index (χ1n) is 13.1. The number of furan rings is 1. The summed E-state index contributed by atoms with van der Waals surface area (Å²) in [6.45, 7) is -0.236. The number of amides is 1. The number of alkyl halides is 5. The van der Waals surface area contributed by atoms with Gasteiger partial charge in [0.2, 0.25) is 0 Å². The molecule has 2 N–H and O–H groups in total. The van der Waals surface area contributed by atoms with Crippen molar-refractivity contribution in [2.75, 3.05) is 18.8 Å². The fourth-order valence-corrected chi connectivity index (χ4v) is 4.64. The van der Waals surface area contributed by atoms with Gasteiger partial charge in [0.1, 0.15) is 17.2 Å². The number of hydrogen-bond acceptors (Lipinski definition) is 6. The molecule has 1 aromatic carbocycles. The molecule has 1 aliphatic heterocycles. The molecule has 0 unspecified atom stereocenters. The summed E-state index contributed by atoms with van der Waals surface area (Å²) >= 11 is 0. The van der Waals surface area contributed by atoms with E-state index in [4.69, 9.17) is 10.2 Å². The number of pyridine rings is 2. The first-order chi connectivity index (χ1) is 19.9. The molecule has 0 saturated carbocycles. The van der Waals surface area contributed by atoms with Crippen LogP contribution in [0.3, 0.4) is 0 Å². The number of piperidine rings is 1. The lowest BCUT2D eigenvalue weighted by atomic mass is 10.0. The van der Waals surface area contributed by atoms with Crippen LogP contribution in [0.2, 0.25) is 0 Å². The van der Waals surface area contributed by atoms with Crippen molar-refractivity contribution in [2.24, 2.45) is 0 Å². The highest BCUT2D eigenvalue weighted by Gasteiger charge is 2.37. The summed E-state index contributed by atoms with van der Waals surface area (Å²) in [4.78, 5) is 34.3. The van der Waals surface area contributed by atoms with Crippen molar-refractivity contribution >= 4 is 34.6 Å². The van der Waals surface area contributed by atoms with Crippen LogP contribution in [0.25, 0.3) is 28.3 Å². The number of aromatic nitrogens is 2. The molecule has 4 aromatic rings. The summed E-state index contributed by atoms with van der Waals surface area (Å²) in [5.41, 5.74) is 5.12. The molecular formula is C30H25F5N4O3. The van der Waals surface area contributed by atoms with E-state index < -0.39 is 36.4 Å². The number of hydrogen-bond donors (Lipinski definition) is 1.